The number of thiazole rings is 1. The van der Waals surface area contributed by atoms with E-state index in [1.807, 2.05) is 0 Å². The van der Waals surface area contributed by atoms with Gasteiger partial charge in [-0.05, 0) is 14.1 Å². The summed E-state index contributed by atoms with van der Waals surface area (Å²) >= 11 is 7.49. The van der Waals surface area contributed by atoms with Crippen LogP contribution in [-0.2, 0) is 12.3 Å². The van der Waals surface area contributed by atoms with Gasteiger partial charge in [0.25, 0.3) is 0 Å². The van der Waals surface area contributed by atoms with Crippen molar-refractivity contribution in [3.63, 3.8) is 0 Å². The summed E-state index contributed by atoms with van der Waals surface area (Å²) in [6.07, 6.45) is 1.04. The first-order chi connectivity index (χ1) is 7.69. The van der Waals surface area contributed by atoms with Crippen molar-refractivity contribution in [2.45, 2.75) is 18.3 Å². The number of alkyl halides is 1. The number of halogens is 1. The summed E-state index contributed by atoms with van der Waals surface area (Å²) in [5.41, 5.74) is 1.01. The molecule has 90 valence electrons. The maximum absolute atomic E-state index is 5.76. The van der Waals surface area contributed by atoms with Crippen LogP contribution in [0.5, 0.6) is 0 Å². The van der Waals surface area contributed by atoms with Crippen LogP contribution in [0.1, 0.15) is 10.7 Å². The summed E-state index contributed by atoms with van der Waals surface area (Å²) in [5.74, 6) is 0.525. The van der Waals surface area contributed by atoms with Crippen LogP contribution in [0.25, 0.3) is 0 Å². The van der Waals surface area contributed by atoms with Crippen LogP contribution in [0.2, 0.25) is 0 Å². The molecule has 0 bridgehead atoms. The third-order valence-electron chi connectivity index (χ3n) is 3.13. The Morgan fingerprint density at radius 2 is 2.31 bits per heavy atom. The van der Waals surface area contributed by atoms with Gasteiger partial charge in [0.1, 0.15) is 0 Å². The lowest BCUT2D eigenvalue weighted by atomic mass is 10.1. The zero-order chi connectivity index (χ0) is 11.5. The summed E-state index contributed by atoms with van der Waals surface area (Å²) < 4.78 is 0. The van der Waals surface area contributed by atoms with Crippen molar-refractivity contribution < 1.29 is 0 Å². The third kappa shape index (κ3) is 2.94. The minimum absolute atomic E-state index is 0.525. The molecule has 1 aromatic rings. The minimum atomic E-state index is 0.525. The number of rotatable bonds is 3. The fraction of sp³-hybridized carbons (Fsp3) is 0.727. The molecule has 0 spiro atoms. The Morgan fingerprint density at radius 3 is 3.00 bits per heavy atom. The van der Waals surface area contributed by atoms with Gasteiger partial charge in [0.2, 0.25) is 0 Å². The topological polar surface area (TPSA) is 19.4 Å². The molecule has 0 radical (unpaired) electrons. The molecule has 1 fully saturated rings. The predicted molar refractivity (Wildman–Crippen MR) is 69.3 cm³/mol. The quantitative estimate of drug-likeness (QED) is 0.770. The Morgan fingerprint density at radius 1 is 1.50 bits per heavy atom. The fourth-order valence-corrected chi connectivity index (χ4v) is 3.12. The van der Waals surface area contributed by atoms with Crippen LogP contribution in [0.3, 0.4) is 0 Å². The average molecular weight is 260 g/mol. The normalized spacial score (nSPS) is 23.8. The second-order valence-electron chi connectivity index (χ2n) is 4.47. The van der Waals surface area contributed by atoms with Crippen LogP contribution >= 0.6 is 22.9 Å². The summed E-state index contributed by atoms with van der Waals surface area (Å²) in [5, 5.41) is 3.28. The predicted octanol–water partition coefficient (Wildman–Crippen LogP) is 1.67. The van der Waals surface area contributed by atoms with E-state index in [-0.39, 0.29) is 0 Å². The Balaban J connectivity index is 1.97. The van der Waals surface area contributed by atoms with E-state index in [4.69, 9.17) is 11.6 Å². The highest BCUT2D eigenvalue weighted by atomic mass is 35.5. The molecule has 1 aliphatic heterocycles. The highest BCUT2D eigenvalue weighted by Crippen LogP contribution is 2.17. The number of likely N-dealkylation sites (N-methyl/N-ethyl adjacent to an activating group) is 2. The molecule has 0 N–H and O–H groups in total. The SMILES string of the molecule is CN1CCN(C)C(Cc2nc(CCl)cs2)C1. The smallest absolute Gasteiger partial charge is 0.0944 e. The minimum Gasteiger partial charge on any atom is -0.304 e. The molecule has 2 heterocycles. The van der Waals surface area contributed by atoms with E-state index < -0.39 is 0 Å². The molecule has 0 aliphatic carbocycles. The van der Waals surface area contributed by atoms with E-state index in [2.05, 4.69) is 34.3 Å². The van der Waals surface area contributed by atoms with Crippen molar-refractivity contribution in [1.82, 2.24) is 14.8 Å². The number of hydrogen-bond donors (Lipinski definition) is 0. The van der Waals surface area contributed by atoms with Gasteiger partial charge in [0, 0.05) is 37.5 Å². The molecule has 1 saturated heterocycles. The highest BCUT2D eigenvalue weighted by molar-refractivity contribution is 7.09. The van der Waals surface area contributed by atoms with Gasteiger partial charge in [-0.25, -0.2) is 4.98 Å². The molecule has 2 rings (SSSR count). The van der Waals surface area contributed by atoms with E-state index >= 15 is 0 Å². The molecule has 1 aliphatic rings. The van der Waals surface area contributed by atoms with E-state index in [1.165, 1.54) is 5.01 Å². The number of nitrogens with zero attached hydrogens (tertiary/aromatic N) is 3. The second-order valence-corrected chi connectivity index (χ2v) is 5.68. The molecule has 1 aromatic heterocycles. The molecule has 1 unspecified atom stereocenters. The third-order valence-corrected chi connectivity index (χ3v) is 4.32. The van der Waals surface area contributed by atoms with Crippen molar-refractivity contribution >= 4 is 22.9 Å². The lowest BCUT2D eigenvalue weighted by Crippen LogP contribution is -2.50. The molecule has 0 saturated carbocycles. The standard InChI is InChI=1S/C11H18ClN3S/c1-14-3-4-15(2)10(7-14)5-11-13-9(6-12)8-16-11/h8,10H,3-7H2,1-2H3. The Labute approximate surface area is 106 Å². The van der Waals surface area contributed by atoms with Crippen LogP contribution < -0.4 is 0 Å². The first kappa shape index (κ1) is 12.3. The largest absolute Gasteiger partial charge is 0.304 e. The highest BCUT2D eigenvalue weighted by Gasteiger charge is 2.23. The van der Waals surface area contributed by atoms with E-state index in [9.17, 15) is 0 Å². The van der Waals surface area contributed by atoms with Crippen molar-refractivity contribution in [3.8, 4) is 0 Å². The van der Waals surface area contributed by atoms with Crippen LogP contribution in [0.15, 0.2) is 5.38 Å². The molecule has 3 nitrogen and oxygen atoms in total. The van der Waals surface area contributed by atoms with Crippen LogP contribution in [0, 0.1) is 0 Å². The van der Waals surface area contributed by atoms with Gasteiger partial charge >= 0.3 is 0 Å². The summed E-state index contributed by atoms with van der Waals surface area (Å²) in [4.78, 5) is 9.35. The van der Waals surface area contributed by atoms with Crippen molar-refractivity contribution in [1.29, 1.82) is 0 Å². The number of piperazine rings is 1. The van der Waals surface area contributed by atoms with Gasteiger partial charge in [-0.2, -0.15) is 0 Å². The fourth-order valence-electron chi connectivity index (χ4n) is 2.03. The Bertz CT molecular complexity index is 342. The first-order valence-corrected chi connectivity index (χ1v) is 6.98. The first-order valence-electron chi connectivity index (χ1n) is 5.57. The van der Waals surface area contributed by atoms with Crippen molar-refractivity contribution in [2.24, 2.45) is 0 Å². The molecule has 16 heavy (non-hydrogen) atoms. The Kier molecular flexibility index (Phi) is 4.19. The van der Waals surface area contributed by atoms with Gasteiger partial charge < -0.3 is 9.80 Å². The van der Waals surface area contributed by atoms with Crippen LogP contribution in [0.4, 0.5) is 0 Å². The van der Waals surface area contributed by atoms with E-state index in [1.54, 1.807) is 11.3 Å². The lowest BCUT2D eigenvalue weighted by molar-refractivity contribution is 0.114. The number of hydrogen-bond acceptors (Lipinski definition) is 4. The van der Waals surface area contributed by atoms with Gasteiger partial charge in [0.05, 0.1) is 16.6 Å². The lowest BCUT2D eigenvalue weighted by Gasteiger charge is -2.37. The second kappa shape index (κ2) is 5.45. The van der Waals surface area contributed by atoms with Gasteiger partial charge in [-0.3, -0.25) is 0 Å². The van der Waals surface area contributed by atoms with Crippen molar-refractivity contribution in [3.05, 3.63) is 16.1 Å². The monoisotopic (exact) mass is 259 g/mol. The zero-order valence-electron chi connectivity index (χ0n) is 9.82. The Hall–Kier alpha value is -0.160. The molecule has 5 heteroatoms. The molecule has 1 atom stereocenters. The van der Waals surface area contributed by atoms with Gasteiger partial charge in [-0.15, -0.1) is 22.9 Å². The molecular formula is C11H18ClN3S. The summed E-state index contributed by atoms with van der Waals surface area (Å²) in [6.45, 7) is 3.44. The maximum atomic E-state index is 5.76. The van der Waals surface area contributed by atoms with Gasteiger partial charge in [0.15, 0.2) is 0 Å². The molecular weight excluding hydrogens is 242 g/mol. The average Bonchev–Trinajstić information content (AvgIpc) is 2.71. The number of aromatic nitrogens is 1. The maximum Gasteiger partial charge on any atom is 0.0944 e. The van der Waals surface area contributed by atoms with Gasteiger partial charge in [-0.1, -0.05) is 0 Å². The molecule has 0 aromatic carbocycles. The van der Waals surface area contributed by atoms with E-state index in [0.29, 0.717) is 11.9 Å². The van der Waals surface area contributed by atoms with E-state index in [0.717, 1.165) is 31.7 Å². The van der Waals surface area contributed by atoms with Crippen LogP contribution in [-0.4, -0.2) is 54.6 Å². The summed E-state index contributed by atoms with van der Waals surface area (Å²) in [7, 11) is 4.39. The summed E-state index contributed by atoms with van der Waals surface area (Å²) in [6, 6.07) is 0.591. The zero-order valence-corrected chi connectivity index (χ0v) is 11.4. The molecule has 0 amide bonds. The van der Waals surface area contributed by atoms with Crippen molar-refractivity contribution in [2.75, 3.05) is 33.7 Å².